The molecule has 0 aliphatic carbocycles. The van der Waals surface area contributed by atoms with E-state index >= 15 is 0 Å². The van der Waals surface area contributed by atoms with Gasteiger partial charge in [-0.3, -0.25) is 0 Å². The molecule has 1 aromatic carbocycles. The quantitative estimate of drug-likeness (QED) is 0.737. The van der Waals surface area contributed by atoms with Gasteiger partial charge in [0.2, 0.25) is 0 Å². The number of aliphatic hydroxyl groups excluding tert-OH is 2. The zero-order chi connectivity index (χ0) is 13.5. The molecule has 0 aliphatic rings. The van der Waals surface area contributed by atoms with E-state index in [1.165, 1.54) is 4.90 Å². The molecule has 5 heteroatoms. The van der Waals surface area contributed by atoms with Crippen LogP contribution in [0.1, 0.15) is 24.8 Å². The molecule has 18 heavy (non-hydrogen) atoms. The van der Waals surface area contributed by atoms with Crippen molar-refractivity contribution < 1.29 is 19.0 Å². The summed E-state index contributed by atoms with van der Waals surface area (Å²) in [7, 11) is 1.62. The number of rotatable bonds is 7. The van der Waals surface area contributed by atoms with Gasteiger partial charge in [-0.15, -0.1) is 0 Å². The average molecular weight is 259 g/mol. The van der Waals surface area contributed by atoms with E-state index in [1.807, 2.05) is 0 Å². The number of aliphatic hydroxyl groups is 2. The molecule has 0 aliphatic heterocycles. The van der Waals surface area contributed by atoms with Crippen molar-refractivity contribution in [3.63, 3.8) is 0 Å². The van der Waals surface area contributed by atoms with Crippen LogP contribution in [0.5, 0.6) is 0 Å². The first-order valence-corrected chi connectivity index (χ1v) is 6.01. The number of unbranched alkanes of at least 4 members (excludes halogenated alkanes) is 2. The molecule has 3 nitrogen and oxygen atoms in total. The van der Waals surface area contributed by atoms with E-state index < -0.39 is 11.6 Å². The van der Waals surface area contributed by atoms with Gasteiger partial charge in [0.25, 0.3) is 0 Å². The fourth-order valence-corrected chi connectivity index (χ4v) is 1.82. The molecule has 2 N–H and O–H groups in total. The summed E-state index contributed by atoms with van der Waals surface area (Å²) in [4.78, 5) is 1.52. The first kappa shape index (κ1) is 14.9. The van der Waals surface area contributed by atoms with Gasteiger partial charge in [0, 0.05) is 20.2 Å². The molecule has 1 rings (SSSR count). The Morgan fingerprint density at radius 3 is 2.17 bits per heavy atom. The van der Waals surface area contributed by atoms with E-state index in [0.717, 1.165) is 25.0 Å². The molecule has 102 valence electrons. The molecule has 0 saturated carbocycles. The summed E-state index contributed by atoms with van der Waals surface area (Å²) in [5, 5.41) is 17.5. The normalized spacial score (nSPS) is 10.7. The predicted molar refractivity (Wildman–Crippen MR) is 66.5 cm³/mol. The molecule has 0 heterocycles. The van der Waals surface area contributed by atoms with Crippen molar-refractivity contribution in [2.75, 3.05) is 25.1 Å². The van der Waals surface area contributed by atoms with Gasteiger partial charge in [-0.25, -0.2) is 8.78 Å². The highest BCUT2D eigenvalue weighted by molar-refractivity contribution is 5.49. The summed E-state index contributed by atoms with van der Waals surface area (Å²) in [5.74, 6) is -1.33. The lowest BCUT2D eigenvalue weighted by atomic mass is 10.1. The molecule has 0 aromatic heterocycles. The lowest BCUT2D eigenvalue weighted by molar-refractivity contribution is 0.280. The number of nitrogens with zero attached hydrogens (tertiary/aromatic N) is 1. The van der Waals surface area contributed by atoms with Gasteiger partial charge in [-0.05, 0) is 37.0 Å². The van der Waals surface area contributed by atoms with E-state index in [4.69, 9.17) is 10.2 Å². The van der Waals surface area contributed by atoms with Crippen LogP contribution in [-0.2, 0) is 6.61 Å². The van der Waals surface area contributed by atoms with Gasteiger partial charge in [0.05, 0.1) is 6.61 Å². The maximum atomic E-state index is 13.7. The minimum Gasteiger partial charge on any atom is -0.396 e. The zero-order valence-corrected chi connectivity index (χ0v) is 10.5. The van der Waals surface area contributed by atoms with Gasteiger partial charge in [0.15, 0.2) is 0 Å². The summed E-state index contributed by atoms with van der Waals surface area (Å²) < 4.78 is 27.4. The number of anilines is 1. The predicted octanol–water partition coefficient (Wildman–Crippen LogP) is 2.06. The van der Waals surface area contributed by atoms with E-state index in [2.05, 4.69) is 0 Å². The SMILES string of the molecule is CN(CCCCCO)c1c(F)cc(CO)cc1F. The topological polar surface area (TPSA) is 43.7 Å². The Labute approximate surface area is 106 Å². The Bertz CT molecular complexity index is 362. The molecule has 0 amide bonds. The van der Waals surface area contributed by atoms with Crippen molar-refractivity contribution in [2.45, 2.75) is 25.9 Å². The maximum Gasteiger partial charge on any atom is 0.149 e. The Balaban J connectivity index is 2.70. The van der Waals surface area contributed by atoms with Crippen molar-refractivity contribution in [2.24, 2.45) is 0 Å². The average Bonchev–Trinajstić information content (AvgIpc) is 2.33. The van der Waals surface area contributed by atoms with Crippen LogP contribution in [0.2, 0.25) is 0 Å². The second-order valence-corrected chi connectivity index (χ2v) is 4.27. The highest BCUT2D eigenvalue weighted by Crippen LogP contribution is 2.24. The van der Waals surface area contributed by atoms with Gasteiger partial charge in [-0.2, -0.15) is 0 Å². The smallest absolute Gasteiger partial charge is 0.149 e. The largest absolute Gasteiger partial charge is 0.396 e. The molecule has 0 spiro atoms. The van der Waals surface area contributed by atoms with Crippen LogP contribution in [0, 0.1) is 11.6 Å². The molecule has 0 unspecified atom stereocenters. The van der Waals surface area contributed by atoms with Crippen LogP contribution in [0.15, 0.2) is 12.1 Å². The molecule has 0 atom stereocenters. The highest BCUT2D eigenvalue weighted by atomic mass is 19.1. The van der Waals surface area contributed by atoms with E-state index in [-0.39, 0.29) is 24.5 Å². The second kappa shape index (κ2) is 7.28. The van der Waals surface area contributed by atoms with Crippen LogP contribution >= 0.6 is 0 Å². The van der Waals surface area contributed by atoms with Gasteiger partial charge in [-0.1, -0.05) is 0 Å². The Kier molecular flexibility index (Phi) is 6.01. The minimum atomic E-state index is -0.663. The van der Waals surface area contributed by atoms with Crippen molar-refractivity contribution in [1.82, 2.24) is 0 Å². The molecule has 0 fully saturated rings. The second-order valence-electron chi connectivity index (χ2n) is 4.27. The number of hydrogen-bond donors (Lipinski definition) is 2. The third-order valence-corrected chi connectivity index (χ3v) is 2.79. The lowest BCUT2D eigenvalue weighted by Gasteiger charge is -2.21. The van der Waals surface area contributed by atoms with Crippen LogP contribution in [0.25, 0.3) is 0 Å². The third-order valence-electron chi connectivity index (χ3n) is 2.79. The van der Waals surface area contributed by atoms with Gasteiger partial charge < -0.3 is 15.1 Å². The van der Waals surface area contributed by atoms with Crippen molar-refractivity contribution in [3.05, 3.63) is 29.3 Å². The summed E-state index contributed by atoms with van der Waals surface area (Å²) in [6.07, 6.45) is 2.28. The van der Waals surface area contributed by atoms with Crippen molar-refractivity contribution in [1.29, 1.82) is 0 Å². The lowest BCUT2D eigenvalue weighted by Crippen LogP contribution is -2.21. The van der Waals surface area contributed by atoms with Crippen LogP contribution in [-0.4, -0.2) is 30.4 Å². The first-order valence-electron chi connectivity index (χ1n) is 6.01. The van der Waals surface area contributed by atoms with Gasteiger partial charge in [0.1, 0.15) is 17.3 Å². The number of benzene rings is 1. The van der Waals surface area contributed by atoms with Gasteiger partial charge >= 0.3 is 0 Å². The van der Waals surface area contributed by atoms with Crippen LogP contribution < -0.4 is 4.90 Å². The zero-order valence-electron chi connectivity index (χ0n) is 10.5. The molecule has 0 saturated heterocycles. The Morgan fingerprint density at radius 1 is 1.06 bits per heavy atom. The Hall–Kier alpha value is -1.20. The van der Waals surface area contributed by atoms with E-state index in [9.17, 15) is 8.78 Å². The van der Waals surface area contributed by atoms with Crippen molar-refractivity contribution in [3.8, 4) is 0 Å². The summed E-state index contributed by atoms with van der Waals surface area (Å²) in [5.41, 5.74) is 0.152. The van der Waals surface area contributed by atoms with Crippen LogP contribution in [0.4, 0.5) is 14.5 Å². The van der Waals surface area contributed by atoms with Crippen LogP contribution in [0.3, 0.4) is 0 Å². The monoisotopic (exact) mass is 259 g/mol. The Morgan fingerprint density at radius 2 is 1.67 bits per heavy atom. The molecule has 1 aromatic rings. The maximum absolute atomic E-state index is 13.7. The standard InChI is InChI=1S/C13H19F2NO2/c1-16(5-3-2-4-6-17)13-11(14)7-10(9-18)8-12(13)15/h7-8,17-18H,2-6,9H2,1H3. The van der Waals surface area contributed by atoms with E-state index in [0.29, 0.717) is 13.0 Å². The highest BCUT2D eigenvalue weighted by Gasteiger charge is 2.14. The fraction of sp³-hybridized carbons (Fsp3) is 0.538. The first-order chi connectivity index (χ1) is 8.60. The number of halogens is 2. The molecule has 0 radical (unpaired) electrons. The van der Waals surface area contributed by atoms with E-state index in [1.54, 1.807) is 7.05 Å². The molecular weight excluding hydrogens is 240 g/mol. The minimum absolute atomic E-state index is 0.0730. The summed E-state index contributed by atoms with van der Waals surface area (Å²) >= 11 is 0. The summed E-state index contributed by atoms with van der Waals surface area (Å²) in [6, 6.07) is 2.28. The molecular formula is C13H19F2NO2. The fourth-order valence-electron chi connectivity index (χ4n) is 1.82. The summed E-state index contributed by atoms with van der Waals surface area (Å²) in [6.45, 7) is 0.276. The third kappa shape index (κ3) is 3.92. The van der Waals surface area contributed by atoms with Crippen molar-refractivity contribution >= 4 is 5.69 Å². The molecule has 0 bridgehead atoms. The number of hydrogen-bond acceptors (Lipinski definition) is 3.